The van der Waals surface area contributed by atoms with Crippen molar-refractivity contribution in [1.82, 2.24) is 0 Å². The molecule has 106 valence electrons. The number of hydrogen-bond acceptors (Lipinski definition) is 2. The van der Waals surface area contributed by atoms with E-state index >= 15 is 0 Å². The predicted molar refractivity (Wildman–Crippen MR) is 87.9 cm³/mol. The quantitative estimate of drug-likeness (QED) is 0.868. The third kappa shape index (κ3) is 3.84. The zero-order chi connectivity index (χ0) is 14.5. The summed E-state index contributed by atoms with van der Waals surface area (Å²) in [7, 11) is 2.08. The molecule has 1 N–H and O–H groups in total. The van der Waals surface area contributed by atoms with Crippen LogP contribution in [-0.2, 0) is 6.54 Å². The van der Waals surface area contributed by atoms with Crippen LogP contribution in [-0.4, -0.2) is 12.2 Å². The predicted octanol–water partition coefficient (Wildman–Crippen LogP) is 4.53. The Morgan fingerprint density at radius 3 is 2.20 bits per heavy atom. The lowest BCUT2D eigenvalue weighted by Crippen LogP contribution is -2.16. The zero-order valence-electron chi connectivity index (χ0n) is 11.9. The van der Waals surface area contributed by atoms with Crippen molar-refractivity contribution in [3.8, 4) is 0 Å². The Bertz CT molecular complexity index is 536. The van der Waals surface area contributed by atoms with Gasteiger partial charge in [-0.05, 0) is 41.8 Å². The number of halogens is 1. The Hall–Kier alpha value is -1.32. The highest BCUT2D eigenvalue weighted by Gasteiger charge is 2.06. The first-order chi connectivity index (χ1) is 9.60. The molecule has 0 spiro atoms. The fraction of sp³-hybridized carbons (Fsp3) is 0.294. The van der Waals surface area contributed by atoms with Crippen LogP contribution in [0, 0.1) is 0 Å². The highest BCUT2D eigenvalue weighted by Crippen LogP contribution is 2.21. The van der Waals surface area contributed by atoms with Gasteiger partial charge in [-0.3, -0.25) is 0 Å². The fourth-order valence-electron chi connectivity index (χ4n) is 2.14. The van der Waals surface area contributed by atoms with Crippen LogP contribution in [0.4, 0.5) is 5.69 Å². The van der Waals surface area contributed by atoms with Gasteiger partial charge >= 0.3 is 0 Å². The molecule has 1 atom stereocenters. The molecule has 0 aliphatic heterocycles. The van der Waals surface area contributed by atoms with Gasteiger partial charge in [0.15, 0.2) is 0 Å². The Morgan fingerprint density at radius 2 is 1.65 bits per heavy atom. The molecule has 0 fully saturated rings. The summed E-state index contributed by atoms with van der Waals surface area (Å²) in [5, 5.41) is 9.80. The second-order valence-corrected chi connectivity index (χ2v) is 5.91. The lowest BCUT2D eigenvalue weighted by Gasteiger charge is -2.20. The standard InChI is InChI=1S/C17H20BrNO/c1-3-17(20)14-6-10-16(11-7-14)19(2)12-13-4-8-15(18)9-5-13/h4-11,17,20H,3,12H2,1-2H3. The second kappa shape index (κ2) is 6.91. The summed E-state index contributed by atoms with van der Waals surface area (Å²) in [6.07, 6.45) is 0.384. The van der Waals surface area contributed by atoms with Crippen LogP contribution in [0.15, 0.2) is 53.0 Å². The molecule has 0 heterocycles. The molecule has 20 heavy (non-hydrogen) atoms. The molecule has 2 rings (SSSR count). The van der Waals surface area contributed by atoms with Crippen LogP contribution in [0.5, 0.6) is 0 Å². The number of nitrogens with zero attached hydrogens (tertiary/aromatic N) is 1. The van der Waals surface area contributed by atoms with Gasteiger partial charge in [-0.25, -0.2) is 0 Å². The van der Waals surface area contributed by atoms with Gasteiger partial charge in [-0.15, -0.1) is 0 Å². The molecule has 3 heteroatoms. The lowest BCUT2D eigenvalue weighted by atomic mass is 10.1. The smallest absolute Gasteiger partial charge is 0.0787 e. The highest BCUT2D eigenvalue weighted by atomic mass is 79.9. The summed E-state index contributed by atoms with van der Waals surface area (Å²) in [5.74, 6) is 0. The van der Waals surface area contributed by atoms with E-state index < -0.39 is 0 Å². The number of benzene rings is 2. The molecule has 0 bridgehead atoms. The average molecular weight is 334 g/mol. The summed E-state index contributed by atoms with van der Waals surface area (Å²) < 4.78 is 1.10. The minimum Gasteiger partial charge on any atom is -0.388 e. The molecular weight excluding hydrogens is 314 g/mol. The molecule has 0 amide bonds. The summed E-state index contributed by atoms with van der Waals surface area (Å²) in [5.41, 5.74) is 3.40. The number of anilines is 1. The molecule has 0 saturated heterocycles. The SMILES string of the molecule is CCC(O)c1ccc(N(C)Cc2ccc(Br)cc2)cc1. The van der Waals surface area contributed by atoms with Gasteiger partial charge in [0.05, 0.1) is 6.10 Å². The number of hydrogen-bond donors (Lipinski definition) is 1. The zero-order valence-corrected chi connectivity index (χ0v) is 13.5. The van der Waals surface area contributed by atoms with Crippen LogP contribution in [0.2, 0.25) is 0 Å². The van der Waals surface area contributed by atoms with E-state index in [4.69, 9.17) is 0 Å². The minimum atomic E-state index is -0.360. The van der Waals surface area contributed by atoms with Crippen molar-refractivity contribution in [1.29, 1.82) is 0 Å². The second-order valence-electron chi connectivity index (χ2n) is 5.00. The maximum absolute atomic E-state index is 9.80. The lowest BCUT2D eigenvalue weighted by molar-refractivity contribution is 0.173. The van der Waals surface area contributed by atoms with Crippen molar-refractivity contribution in [2.45, 2.75) is 26.0 Å². The maximum atomic E-state index is 9.80. The number of aliphatic hydroxyl groups excluding tert-OH is 1. The van der Waals surface area contributed by atoms with Gasteiger partial charge in [0.2, 0.25) is 0 Å². The van der Waals surface area contributed by atoms with E-state index in [0.717, 1.165) is 28.7 Å². The summed E-state index contributed by atoms with van der Waals surface area (Å²) in [6, 6.07) is 16.5. The fourth-order valence-corrected chi connectivity index (χ4v) is 2.41. The van der Waals surface area contributed by atoms with Crippen LogP contribution < -0.4 is 4.90 Å². The Labute approximate surface area is 129 Å². The van der Waals surface area contributed by atoms with Crippen molar-refractivity contribution in [3.63, 3.8) is 0 Å². The van der Waals surface area contributed by atoms with Gasteiger partial charge < -0.3 is 10.0 Å². The molecule has 2 nitrogen and oxygen atoms in total. The average Bonchev–Trinajstić information content (AvgIpc) is 2.49. The maximum Gasteiger partial charge on any atom is 0.0787 e. The first kappa shape index (κ1) is 15.1. The molecule has 0 aliphatic carbocycles. The molecule has 0 saturated carbocycles. The van der Waals surface area contributed by atoms with E-state index in [2.05, 4.69) is 64.3 Å². The molecule has 1 unspecified atom stereocenters. The molecule has 2 aromatic carbocycles. The number of aliphatic hydroxyl groups is 1. The molecule has 2 aromatic rings. The molecular formula is C17H20BrNO. The highest BCUT2D eigenvalue weighted by molar-refractivity contribution is 9.10. The van der Waals surface area contributed by atoms with Crippen molar-refractivity contribution in [2.24, 2.45) is 0 Å². The monoisotopic (exact) mass is 333 g/mol. The van der Waals surface area contributed by atoms with Crippen LogP contribution >= 0.6 is 15.9 Å². The minimum absolute atomic E-state index is 0.360. The van der Waals surface area contributed by atoms with E-state index in [0.29, 0.717) is 0 Å². The Morgan fingerprint density at radius 1 is 1.05 bits per heavy atom. The molecule has 0 aromatic heterocycles. The third-order valence-electron chi connectivity index (χ3n) is 3.44. The van der Waals surface area contributed by atoms with E-state index in [-0.39, 0.29) is 6.10 Å². The van der Waals surface area contributed by atoms with Gasteiger partial charge in [-0.2, -0.15) is 0 Å². The van der Waals surface area contributed by atoms with Gasteiger partial charge in [0.25, 0.3) is 0 Å². The van der Waals surface area contributed by atoms with E-state index in [1.165, 1.54) is 5.56 Å². The first-order valence-corrected chi connectivity index (χ1v) is 7.63. The van der Waals surface area contributed by atoms with Crippen LogP contribution in [0.25, 0.3) is 0 Å². The third-order valence-corrected chi connectivity index (χ3v) is 3.97. The summed E-state index contributed by atoms with van der Waals surface area (Å²) in [6.45, 7) is 2.85. The van der Waals surface area contributed by atoms with Crippen LogP contribution in [0.3, 0.4) is 0 Å². The largest absolute Gasteiger partial charge is 0.388 e. The summed E-state index contributed by atoms with van der Waals surface area (Å²) >= 11 is 3.45. The van der Waals surface area contributed by atoms with E-state index in [1.54, 1.807) is 0 Å². The number of rotatable bonds is 5. The summed E-state index contributed by atoms with van der Waals surface area (Å²) in [4.78, 5) is 2.20. The van der Waals surface area contributed by atoms with E-state index in [9.17, 15) is 5.11 Å². The molecule has 0 aliphatic rings. The van der Waals surface area contributed by atoms with Crippen molar-refractivity contribution in [2.75, 3.05) is 11.9 Å². The van der Waals surface area contributed by atoms with Crippen molar-refractivity contribution < 1.29 is 5.11 Å². The first-order valence-electron chi connectivity index (χ1n) is 6.83. The normalized spacial score (nSPS) is 12.2. The Balaban J connectivity index is 2.05. The van der Waals surface area contributed by atoms with E-state index in [1.807, 2.05) is 19.1 Å². The van der Waals surface area contributed by atoms with Crippen LogP contribution in [0.1, 0.15) is 30.6 Å². The topological polar surface area (TPSA) is 23.5 Å². The van der Waals surface area contributed by atoms with Gasteiger partial charge in [-0.1, -0.05) is 47.1 Å². The molecule has 0 radical (unpaired) electrons. The van der Waals surface area contributed by atoms with Crippen molar-refractivity contribution in [3.05, 3.63) is 64.1 Å². The Kier molecular flexibility index (Phi) is 5.21. The van der Waals surface area contributed by atoms with Crippen molar-refractivity contribution >= 4 is 21.6 Å². The van der Waals surface area contributed by atoms with Gasteiger partial charge in [0, 0.05) is 23.8 Å². The van der Waals surface area contributed by atoms with Gasteiger partial charge in [0.1, 0.15) is 0 Å².